The standard InChI is InChI=1S/C12H15BrN2O2/c1-12(8-14,11(16-2)17-3)15-10-6-4-5-9(13)7-10/h4-7,11,15H,1-3H3. The highest BCUT2D eigenvalue weighted by molar-refractivity contribution is 9.10. The lowest BCUT2D eigenvalue weighted by molar-refractivity contribution is -0.124. The lowest BCUT2D eigenvalue weighted by atomic mass is 10.0. The van der Waals surface area contributed by atoms with Crippen molar-refractivity contribution in [3.8, 4) is 6.07 Å². The average molecular weight is 299 g/mol. The molecule has 0 fully saturated rings. The van der Waals surface area contributed by atoms with Gasteiger partial charge in [-0.1, -0.05) is 22.0 Å². The SMILES string of the molecule is COC(OC)C(C)(C#N)Nc1cccc(Br)c1. The number of rotatable bonds is 5. The van der Waals surface area contributed by atoms with Crippen LogP contribution in [0, 0.1) is 11.3 Å². The first kappa shape index (κ1) is 14.0. The van der Waals surface area contributed by atoms with E-state index >= 15 is 0 Å². The van der Waals surface area contributed by atoms with Gasteiger partial charge in [-0.05, 0) is 25.1 Å². The first-order chi connectivity index (χ1) is 8.05. The number of nitrogens with zero attached hydrogens (tertiary/aromatic N) is 1. The Labute approximate surface area is 110 Å². The summed E-state index contributed by atoms with van der Waals surface area (Å²) in [6.45, 7) is 1.73. The summed E-state index contributed by atoms with van der Waals surface area (Å²) in [6, 6.07) is 9.74. The summed E-state index contributed by atoms with van der Waals surface area (Å²) in [5.74, 6) is 0. The van der Waals surface area contributed by atoms with Crippen molar-refractivity contribution in [2.24, 2.45) is 0 Å². The van der Waals surface area contributed by atoms with Crippen LogP contribution in [0.5, 0.6) is 0 Å². The molecule has 1 N–H and O–H groups in total. The summed E-state index contributed by atoms with van der Waals surface area (Å²) in [7, 11) is 3.01. The van der Waals surface area contributed by atoms with Crippen molar-refractivity contribution < 1.29 is 9.47 Å². The molecule has 1 aromatic carbocycles. The van der Waals surface area contributed by atoms with Crippen molar-refractivity contribution in [1.29, 1.82) is 5.26 Å². The number of anilines is 1. The summed E-state index contributed by atoms with van der Waals surface area (Å²) in [5, 5.41) is 12.4. The van der Waals surface area contributed by atoms with E-state index in [4.69, 9.17) is 9.47 Å². The highest BCUT2D eigenvalue weighted by Crippen LogP contribution is 2.23. The molecule has 1 unspecified atom stereocenters. The van der Waals surface area contributed by atoms with Gasteiger partial charge in [0, 0.05) is 24.4 Å². The van der Waals surface area contributed by atoms with E-state index in [2.05, 4.69) is 27.3 Å². The normalized spacial score (nSPS) is 14.1. The van der Waals surface area contributed by atoms with Crippen LogP contribution in [0.2, 0.25) is 0 Å². The fourth-order valence-corrected chi connectivity index (χ4v) is 1.97. The minimum Gasteiger partial charge on any atom is -0.363 e. The van der Waals surface area contributed by atoms with Crippen LogP contribution in [0.15, 0.2) is 28.7 Å². The molecule has 0 saturated carbocycles. The van der Waals surface area contributed by atoms with E-state index in [0.717, 1.165) is 10.2 Å². The minimum atomic E-state index is -0.954. The molecule has 0 heterocycles. The van der Waals surface area contributed by atoms with Crippen molar-refractivity contribution >= 4 is 21.6 Å². The minimum absolute atomic E-state index is 0.647. The zero-order valence-corrected chi connectivity index (χ0v) is 11.6. The number of nitrogens with one attached hydrogen (secondary N) is 1. The molecule has 0 aromatic heterocycles. The van der Waals surface area contributed by atoms with Gasteiger partial charge in [0.2, 0.25) is 0 Å². The maximum absolute atomic E-state index is 9.26. The number of hydrogen-bond acceptors (Lipinski definition) is 4. The van der Waals surface area contributed by atoms with Crippen molar-refractivity contribution in [2.75, 3.05) is 19.5 Å². The Morgan fingerprint density at radius 1 is 1.41 bits per heavy atom. The van der Waals surface area contributed by atoms with Crippen molar-refractivity contribution in [2.45, 2.75) is 18.8 Å². The quantitative estimate of drug-likeness (QED) is 0.849. The molecular weight excluding hydrogens is 284 g/mol. The molecule has 0 saturated heterocycles. The third-order valence-corrected chi connectivity index (χ3v) is 2.85. The molecule has 1 rings (SSSR count). The van der Waals surface area contributed by atoms with Crippen LogP contribution in [-0.4, -0.2) is 26.0 Å². The van der Waals surface area contributed by atoms with Gasteiger partial charge in [0.05, 0.1) is 6.07 Å². The molecule has 0 aliphatic carbocycles. The van der Waals surface area contributed by atoms with E-state index in [9.17, 15) is 5.26 Å². The van der Waals surface area contributed by atoms with Crippen LogP contribution in [0.1, 0.15) is 6.92 Å². The average Bonchev–Trinajstić information content (AvgIpc) is 2.30. The predicted molar refractivity (Wildman–Crippen MR) is 69.6 cm³/mol. The largest absolute Gasteiger partial charge is 0.363 e. The molecule has 17 heavy (non-hydrogen) atoms. The molecule has 4 nitrogen and oxygen atoms in total. The third-order valence-electron chi connectivity index (χ3n) is 2.36. The second-order valence-corrected chi connectivity index (χ2v) is 4.67. The smallest absolute Gasteiger partial charge is 0.193 e. The van der Waals surface area contributed by atoms with Gasteiger partial charge < -0.3 is 14.8 Å². The van der Waals surface area contributed by atoms with Gasteiger partial charge in [-0.2, -0.15) is 5.26 Å². The lowest BCUT2D eigenvalue weighted by Gasteiger charge is -2.31. The lowest BCUT2D eigenvalue weighted by Crippen LogP contribution is -2.47. The zero-order valence-electron chi connectivity index (χ0n) is 10.0. The third kappa shape index (κ3) is 3.43. The van der Waals surface area contributed by atoms with E-state index < -0.39 is 11.8 Å². The van der Waals surface area contributed by atoms with Gasteiger partial charge in [0.1, 0.15) is 0 Å². The first-order valence-corrected chi connectivity index (χ1v) is 5.85. The Morgan fingerprint density at radius 2 is 2.06 bits per heavy atom. The molecule has 92 valence electrons. The molecule has 1 atom stereocenters. The van der Waals surface area contributed by atoms with E-state index in [1.807, 2.05) is 24.3 Å². The molecule has 0 aliphatic heterocycles. The molecule has 0 amide bonds. The van der Waals surface area contributed by atoms with Crippen LogP contribution in [-0.2, 0) is 9.47 Å². The Kier molecular flexibility index (Phi) is 4.94. The van der Waals surface area contributed by atoms with Gasteiger partial charge in [-0.15, -0.1) is 0 Å². The van der Waals surface area contributed by atoms with Crippen LogP contribution in [0.3, 0.4) is 0 Å². The van der Waals surface area contributed by atoms with Crippen LogP contribution >= 0.6 is 15.9 Å². The Morgan fingerprint density at radius 3 is 2.53 bits per heavy atom. The van der Waals surface area contributed by atoms with Crippen LogP contribution < -0.4 is 5.32 Å². The van der Waals surface area contributed by atoms with E-state index in [1.54, 1.807) is 6.92 Å². The molecule has 5 heteroatoms. The summed E-state index contributed by atoms with van der Waals surface area (Å²) >= 11 is 3.38. The molecule has 1 aromatic rings. The summed E-state index contributed by atoms with van der Waals surface area (Å²) in [6.07, 6.45) is -0.647. The summed E-state index contributed by atoms with van der Waals surface area (Å²) in [5.41, 5.74) is -0.132. The van der Waals surface area contributed by atoms with Gasteiger partial charge >= 0.3 is 0 Å². The summed E-state index contributed by atoms with van der Waals surface area (Å²) < 4.78 is 11.2. The Hall–Kier alpha value is -1.09. The second kappa shape index (κ2) is 6.01. The van der Waals surface area contributed by atoms with Crippen molar-refractivity contribution in [1.82, 2.24) is 0 Å². The topological polar surface area (TPSA) is 54.3 Å². The Balaban J connectivity index is 2.93. The van der Waals surface area contributed by atoms with Crippen LogP contribution in [0.25, 0.3) is 0 Å². The monoisotopic (exact) mass is 298 g/mol. The molecule has 0 radical (unpaired) electrons. The highest BCUT2D eigenvalue weighted by Gasteiger charge is 2.35. The van der Waals surface area contributed by atoms with Gasteiger partial charge in [-0.25, -0.2) is 0 Å². The maximum Gasteiger partial charge on any atom is 0.193 e. The van der Waals surface area contributed by atoms with Crippen LogP contribution in [0.4, 0.5) is 5.69 Å². The number of hydrogen-bond donors (Lipinski definition) is 1. The van der Waals surface area contributed by atoms with Crippen molar-refractivity contribution in [3.05, 3.63) is 28.7 Å². The first-order valence-electron chi connectivity index (χ1n) is 5.06. The van der Waals surface area contributed by atoms with Gasteiger partial charge in [0.25, 0.3) is 0 Å². The number of methoxy groups -OCH3 is 2. The van der Waals surface area contributed by atoms with E-state index in [-0.39, 0.29) is 0 Å². The number of ether oxygens (including phenoxy) is 2. The highest BCUT2D eigenvalue weighted by atomic mass is 79.9. The second-order valence-electron chi connectivity index (χ2n) is 3.75. The Bertz CT molecular complexity index is 415. The zero-order chi connectivity index (χ0) is 12.9. The summed E-state index contributed by atoms with van der Waals surface area (Å²) in [4.78, 5) is 0. The van der Waals surface area contributed by atoms with Crippen molar-refractivity contribution in [3.63, 3.8) is 0 Å². The molecule has 0 spiro atoms. The fourth-order valence-electron chi connectivity index (χ4n) is 1.57. The number of benzene rings is 1. The molecule has 0 bridgehead atoms. The predicted octanol–water partition coefficient (Wildman–Crippen LogP) is 2.76. The molecule has 0 aliphatic rings. The number of nitriles is 1. The van der Waals surface area contributed by atoms with E-state index in [0.29, 0.717) is 0 Å². The molecular formula is C12H15BrN2O2. The number of halogens is 1. The van der Waals surface area contributed by atoms with Gasteiger partial charge in [-0.3, -0.25) is 0 Å². The fraction of sp³-hybridized carbons (Fsp3) is 0.417. The van der Waals surface area contributed by atoms with E-state index in [1.165, 1.54) is 14.2 Å². The van der Waals surface area contributed by atoms with Gasteiger partial charge in [0.15, 0.2) is 11.8 Å². The maximum atomic E-state index is 9.26.